The number of esters is 1. The van der Waals surface area contributed by atoms with E-state index >= 15 is 0 Å². The zero-order chi connectivity index (χ0) is 53.8. The van der Waals surface area contributed by atoms with Crippen molar-refractivity contribution in [3.63, 3.8) is 0 Å². The van der Waals surface area contributed by atoms with Gasteiger partial charge in [0.15, 0.2) is 18.7 Å². The van der Waals surface area contributed by atoms with Gasteiger partial charge in [-0.1, -0.05) is 193 Å². The van der Waals surface area contributed by atoms with E-state index in [1.165, 1.54) is 0 Å². The van der Waals surface area contributed by atoms with Gasteiger partial charge in [-0.15, -0.1) is 6.58 Å². The predicted octanol–water partition coefficient (Wildman–Crippen LogP) is 10.3. The number of methoxy groups -OCH3 is 1. The maximum atomic E-state index is 14.2. The molecule has 2 heterocycles. The topological polar surface area (TPSA) is 148 Å². The Kier molecular flexibility index (Phi) is 21.9. The minimum absolute atomic E-state index is 0.00669. The Morgan fingerprint density at radius 2 is 0.974 bits per heavy atom. The van der Waals surface area contributed by atoms with Crippen molar-refractivity contribution in [3.8, 4) is 5.75 Å². The highest BCUT2D eigenvalue weighted by atomic mass is 35.6. The van der Waals surface area contributed by atoms with Gasteiger partial charge in [-0.3, -0.25) is 4.79 Å². The van der Waals surface area contributed by atoms with Crippen molar-refractivity contribution in [3.05, 3.63) is 222 Å². The third-order valence-electron chi connectivity index (χ3n) is 12.7. The molecule has 1 amide bonds. The third kappa shape index (κ3) is 16.9. The molecule has 2 saturated heterocycles. The molecule has 17 heteroatoms. The molecule has 77 heavy (non-hydrogen) atoms. The third-order valence-corrected chi connectivity index (χ3v) is 13.2. The summed E-state index contributed by atoms with van der Waals surface area (Å²) in [7, 11) is 1.59. The van der Waals surface area contributed by atoms with Crippen molar-refractivity contribution in [1.82, 2.24) is 5.32 Å². The number of carbonyl (C=O) groups excluding carboxylic acids is 2. The van der Waals surface area contributed by atoms with Crippen LogP contribution in [0.25, 0.3) is 0 Å². The maximum absolute atomic E-state index is 14.2. The zero-order valence-electron chi connectivity index (χ0n) is 42.4. The average molecular weight is 1110 g/mol. The maximum Gasteiger partial charge on any atom is 0.338 e. The Balaban J connectivity index is 1.23. The van der Waals surface area contributed by atoms with Gasteiger partial charge in [-0.2, -0.15) is 0 Å². The highest BCUT2D eigenvalue weighted by molar-refractivity contribution is 6.76. The Morgan fingerprint density at radius 3 is 1.47 bits per heavy atom. The molecule has 8 rings (SSSR count). The molecule has 0 aromatic heterocycles. The molecule has 0 aliphatic carbocycles. The second-order valence-corrected chi connectivity index (χ2v) is 20.5. The summed E-state index contributed by atoms with van der Waals surface area (Å²) in [4.78, 5) is 28.4. The fraction of sp³-hybridized carbons (Fsp3) is 0.333. The number of ether oxygens (including phenoxy) is 11. The van der Waals surface area contributed by atoms with E-state index in [9.17, 15) is 9.59 Å². The van der Waals surface area contributed by atoms with Crippen LogP contribution in [0, 0.1) is 0 Å². The van der Waals surface area contributed by atoms with Gasteiger partial charge >= 0.3 is 5.97 Å². The zero-order valence-corrected chi connectivity index (χ0v) is 44.7. The summed E-state index contributed by atoms with van der Waals surface area (Å²) in [6, 6.07) is 52.9. The van der Waals surface area contributed by atoms with E-state index in [2.05, 4.69) is 11.9 Å². The predicted molar refractivity (Wildman–Crippen MR) is 290 cm³/mol. The summed E-state index contributed by atoms with van der Waals surface area (Å²) in [6.45, 7) is 4.27. The molecule has 0 bridgehead atoms. The number of hydrogen-bond acceptors (Lipinski definition) is 13. The normalized spacial score (nSPS) is 23.4. The van der Waals surface area contributed by atoms with Crippen molar-refractivity contribution < 1.29 is 61.7 Å². The number of hydrogen-bond donors (Lipinski definition) is 1. The molecule has 0 spiro atoms. The highest BCUT2D eigenvalue weighted by Gasteiger charge is 2.56. The van der Waals surface area contributed by atoms with Crippen LogP contribution in [0.15, 0.2) is 189 Å². The van der Waals surface area contributed by atoms with Crippen molar-refractivity contribution in [1.29, 1.82) is 0 Å². The molecule has 14 nitrogen and oxygen atoms in total. The number of nitrogens with one attached hydrogen (secondary N) is 1. The summed E-state index contributed by atoms with van der Waals surface area (Å²) in [5.74, 6) is -0.999. The second-order valence-electron chi connectivity index (χ2n) is 18.2. The van der Waals surface area contributed by atoms with Crippen LogP contribution in [-0.2, 0) is 85.2 Å². The first-order valence-corrected chi connectivity index (χ1v) is 26.3. The second kappa shape index (κ2) is 29.3. The summed E-state index contributed by atoms with van der Waals surface area (Å²) in [5, 5.41) is 2.90. The van der Waals surface area contributed by atoms with E-state index in [0.717, 1.165) is 27.8 Å². The molecule has 2 aliphatic rings. The molecule has 406 valence electrons. The molecular formula is C60H62Cl3NO13. The van der Waals surface area contributed by atoms with Crippen LogP contribution in [-0.4, -0.2) is 104 Å². The van der Waals surface area contributed by atoms with Crippen LogP contribution >= 0.6 is 34.8 Å². The number of carbonyl (C=O) groups is 2. The summed E-state index contributed by atoms with van der Waals surface area (Å²) < 4.78 is 70.3. The first kappa shape index (κ1) is 57.5. The van der Waals surface area contributed by atoms with Gasteiger partial charge in [0.25, 0.3) is 9.70 Å². The lowest BCUT2D eigenvalue weighted by atomic mass is 9.94. The monoisotopic (exact) mass is 1110 g/mol. The number of alkyl halides is 3. The standard InChI is InChI=1S/C60H62Cl3NO13/c1-3-33-70-58-55(76-56(65)46-27-17-8-18-28-46)54(73-38-44-25-15-7-16-26-44)52(49(75-58)40-69-35-45-29-31-47(67-2)32-30-45)77-57-50(64-59(66)60(61,62)63)53(72-37-43-23-13-6-14-24-43)51(71-36-42-21-11-5-12-22-42)48(74-57)39-68-34-41-19-9-4-10-20-41/h3-32,48-55,57-58H,1,33-40H2,2H3,(H,64,66)/t48-,49-,50-,51+,52-,53-,54+,55+,57+,58+/m1/s1. The van der Waals surface area contributed by atoms with Gasteiger partial charge in [0.1, 0.15) is 48.4 Å². The number of rotatable bonds is 26. The summed E-state index contributed by atoms with van der Waals surface area (Å²) in [6.07, 6.45) is -8.96. The van der Waals surface area contributed by atoms with Crippen LogP contribution in [0.5, 0.6) is 5.75 Å². The van der Waals surface area contributed by atoms with Gasteiger partial charge in [0.2, 0.25) is 0 Å². The van der Waals surface area contributed by atoms with Gasteiger partial charge in [0, 0.05) is 0 Å². The van der Waals surface area contributed by atoms with Gasteiger partial charge in [0.05, 0.1) is 65.5 Å². The van der Waals surface area contributed by atoms with E-state index in [0.29, 0.717) is 5.75 Å². The lowest BCUT2D eigenvalue weighted by Gasteiger charge is -2.50. The molecule has 0 unspecified atom stereocenters. The first-order chi connectivity index (χ1) is 37.6. The smallest absolute Gasteiger partial charge is 0.338 e. The van der Waals surface area contributed by atoms with Gasteiger partial charge < -0.3 is 57.4 Å². The van der Waals surface area contributed by atoms with Crippen LogP contribution in [0.3, 0.4) is 0 Å². The quantitative estimate of drug-likeness (QED) is 0.0312. The van der Waals surface area contributed by atoms with Crippen molar-refractivity contribution in [2.75, 3.05) is 26.9 Å². The molecule has 1 N–H and O–H groups in total. The number of halogens is 3. The van der Waals surface area contributed by atoms with Crippen molar-refractivity contribution in [2.24, 2.45) is 0 Å². The Morgan fingerprint density at radius 1 is 0.532 bits per heavy atom. The Hall–Kier alpha value is -5.69. The molecule has 6 aromatic carbocycles. The molecule has 2 aliphatic heterocycles. The lowest BCUT2D eigenvalue weighted by Crippen LogP contribution is -2.69. The van der Waals surface area contributed by atoms with Crippen molar-refractivity contribution in [2.45, 2.75) is 98.2 Å². The Labute approximate surface area is 464 Å². The molecule has 0 radical (unpaired) electrons. The molecular weight excluding hydrogens is 1050 g/mol. The molecule has 0 saturated carbocycles. The van der Waals surface area contributed by atoms with Gasteiger partial charge in [-0.25, -0.2) is 4.79 Å². The fourth-order valence-corrected chi connectivity index (χ4v) is 9.00. The van der Waals surface area contributed by atoms with Crippen LogP contribution in [0.1, 0.15) is 38.2 Å². The first-order valence-electron chi connectivity index (χ1n) is 25.2. The minimum Gasteiger partial charge on any atom is -0.497 e. The van der Waals surface area contributed by atoms with E-state index in [1.54, 1.807) is 43.5 Å². The van der Waals surface area contributed by atoms with Crippen LogP contribution in [0.2, 0.25) is 0 Å². The SMILES string of the molecule is C=CCO[C@H]1O[C@H](COCc2ccc(OC)cc2)[C@@H](O[C@@H]2O[C@H](COCc3ccccc3)[C@H](OCc3ccccc3)[C@H](OCc3ccccc3)[C@H]2NC(=O)C(Cl)(Cl)Cl)[C@H](OCc2ccccc2)[C@@H]1OC(=O)c1ccccc1. The summed E-state index contributed by atoms with van der Waals surface area (Å²) >= 11 is 19.1. The highest BCUT2D eigenvalue weighted by Crippen LogP contribution is 2.37. The largest absolute Gasteiger partial charge is 0.497 e. The van der Waals surface area contributed by atoms with Crippen LogP contribution < -0.4 is 10.1 Å². The van der Waals surface area contributed by atoms with E-state index in [1.807, 2.05) is 146 Å². The number of amides is 1. The number of benzene rings is 6. The minimum atomic E-state index is -2.45. The van der Waals surface area contributed by atoms with E-state index in [4.69, 9.17) is 86.9 Å². The average Bonchev–Trinajstić information content (AvgIpc) is 3.48. The van der Waals surface area contributed by atoms with Crippen molar-refractivity contribution >= 4 is 46.7 Å². The van der Waals surface area contributed by atoms with Gasteiger partial charge in [-0.05, 0) is 52.1 Å². The fourth-order valence-electron chi connectivity index (χ4n) is 8.83. The van der Waals surface area contributed by atoms with Crippen LogP contribution in [0.4, 0.5) is 0 Å². The van der Waals surface area contributed by atoms with E-state index < -0.39 is 77.0 Å². The molecule has 2 fully saturated rings. The lowest BCUT2D eigenvalue weighted by molar-refractivity contribution is -0.356. The van der Waals surface area contributed by atoms with E-state index in [-0.39, 0.29) is 58.4 Å². The Bertz CT molecular complexity index is 2690. The molecule has 6 aromatic rings. The molecule has 10 atom stereocenters. The summed E-state index contributed by atoms with van der Waals surface area (Å²) in [5.41, 5.74) is 4.50.